The molecule has 1 amide bonds. The number of carbonyl (C=O) groups excluding carboxylic acids is 1. The van der Waals surface area contributed by atoms with Gasteiger partial charge in [-0.3, -0.25) is 4.79 Å². The topological polar surface area (TPSA) is 46.9 Å². The molecule has 1 N–H and O–H groups in total. The first-order valence-corrected chi connectivity index (χ1v) is 9.16. The lowest BCUT2D eigenvalue weighted by atomic mass is 9.95. The maximum atomic E-state index is 12.4. The number of carbonyl (C=O) groups is 1. The minimum Gasteiger partial charge on any atom is -0.349 e. The summed E-state index contributed by atoms with van der Waals surface area (Å²) >= 11 is 0. The summed E-state index contributed by atoms with van der Waals surface area (Å²) in [4.78, 5) is 16.6. The van der Waals surface area contributed by atoms with Crippen LogP contribution in [0.3, 0.4) is 0 Å². The number of nitrogens with zero attached hydrogens (tertiary/aromatic N) is 2. The van der Waals surface area contributed by atoms with Crippen molar-refractivity contribution in [3.05, 3.63) is 54.1 Å². The molecule has 1 aliphatic rings. The third kappa shape index (κ3) is 4.05. The summed E-state index contributed by atoms with van der Waals surface area (Å²) in [6, 6.07) is 8.70. The summed E-state index contributed by atoms with van der Waals surface area (Å²) < 4.78 is 2.14. The van der Waals surface area contributed by atoms with Gasteiger partial charge in [0.2, 0.25) is 0 Å². The van der Waals surface area contributed by atoms with Crippen LogP contribution < -0.4 is 5.32 Å². The fourth-order valence-corrected chi connectivity index (χ4v) is 3.59. The molecule has 1 heterocycles. The third-order valence-electron chi connectivity index (χ3n) is 4.94. The van der Waals surface area contributed by atoms with Crippen molar-refractivity contribution in [2.45, 2.75) is 64.0 Å². The molecule has 1 atom stereocenters. The lowest BCUT2D eigenvalue weighted by Gasteiger charge is -2.23. The number of hydrogen-bond acceptors (Lipinski definition) is 2. The Kier molecular flexibility index (Phi) is 5.68. The SMILES string of the molecule is CCCC(c1ccc(C(=O)NC2CCCCC2)cc1)n1ccnc1. The van der Waals surface area contributed by atoms with E-state index in [9.17, 15) is 4.79 Å². The van der Waals surface area contributed by atoms with Crippen molar-refractivity contribution in [3.63, 3.8) is 0 Å². The molecule has 0 saturated heterocycles. The Morgan fingerprint density at radius 1 is 1.25 bits per heavy atom. The highest BCUT2D eigenvalue weighted by atomic mass is 16.1. The fraction of sp³-hybridized carbons (Fsp3) is 0.500. The van der Waals surface area contributed by atoms with Crippen LogP contribution in [-0.4, -0.2) is 21.5 Å². The first kappa shape index (κ1) is 16.7. The molecule has 1 saturated carbocycles. The van der Waals surface area contributed by atoms with Gasteiger partial charge in [0.15, 0.2) is 0 Å². The largest absolute Gasteiger partial charge is 0.349 e. The Balaban J connectivity index is 1.68. The zero-order chi connectivity index (χ0) is 16.8. The van der Waals surface area contributed by atoms with Crippen molar-refractivity contribution in [3.8, 4) is 0 Å². The molecule has 4 nitrogen and oxygen atoms in total. The zero-order valence-corrected chi connectivity index (χ0v) is 14.4. The molecule has 0 bridgehead atoms. The Labute approximate surface area is 144 Å². The highest BCUT2D eigenvalue weighted by molar-refractivity contribution is 5.94. The highest BCUT2D eigenvalue weighted by Gasteiger charge is 2.17. The van der Waals surface area contributed by atoms with Crippen LogP contribution in [0.5, 0.6) is 0 Å². The monoisotopic (exact) mass is 325 g/mol. The predicted octanol–water partition coefficient (Wildman–Crippen LogP) is 4.34. The molecule has 128 valence electrons. The van der Waals surface area contributed by atoms with Crippen LogP contribution in [0.2, 0.25) is 0 Å². The second kappa shape index (κ2) is 8.13. The van der Waals surface area contributed by atoms with E-state index in [4.69, 9.17) is 0 Å². The molecule has 1 unspecified atom stereocenters. The third-order valence-corrected chi connectivity index (χ3v) is 4.94. The Hall–Kier alpha value is -2.10. The number of benzene rings is 1. The summed E-state index contributed by atoms with van der Waals surface area (Å²) in [5.74, 6) is 0.0584. The number of imidazole rings is 1. The molecule has 1 aliphatic carbocycles. The van der Waals surface area contributed by atoms with E-state index in [1.54, 1.807) is 0 Å². The van der Waals surface area contributed by atoms with E-state index in [0.29, 0.717) is 6.04 Å². The molecule has 4 heteroatoms. The normalized spacial score (nSPS) is 16.7. The number of rotatable bonds is 6. The molecule has 0 aliphatic heterocycles. The van der Waals surface area contributed by atoms with Crippen molar-refractivity contribution in [1.82, 2.24) is 14.9 Å². The molecular formula is C20H27N3O. The molecule has 0 radical (unpaired) electrons. The summed E-state index contributed by atoms with van der Waals surface area (Å²) in [5.41, 5.74) is 1.98. The van der Waals surface area contributed by atoms with Crippen LogP contribution in [0.4, 0.5) is 0 Å². The maximum Gasteiger partial charge on any atom is 0.251 e. The van der Waals surface area contributed by atoms with Gasteiger partial charge in [0, 0.05) is 24.0 Å². The van der Waals surface area contributed by atoms with E-state index in [2.05, 4.69) is 33.9 Å². The van der Waals surface area contributed by atoms with E-state index >= 15 is 0 Å². The minimum absolute atomic E-state index is 0.0584. The lowest BCUT2D eigenvalue weighted by Crippen LogP contribution is -2.36. The second-order valence-electron chi connectivity index (χ2n) is 6.74. The Morgan fingerprint density at radius 3 is 2.62 bits per heavy atom. The summed E-state index contributed by atoms with van der Waals surface area (Å²) in [6.07, 6.45) is 13.8. The van der Waals surface area contributed by atoms with Crippen LogP contribution in [-0.2, 0) is 0 Å². The quantitative estimate of drug-likeness (QED) is 0.859. The second-order valence-corrected chi connectivity index (χ2v) is 6.74. The average molecular weight is 325 g/mol. The van der Waals surface area contributed by atoms with E-state index in [-0.39, 0.29) is 11.9 Å². The van der Waals surface area contributed by atoms with Crippen molar-refractivity contribution in [2.24, 2.45) is 0 Å². The van der Waals surface area contributed by atoms with Crippen molar-refractivity contribution in [1.29, 1.82) is 0 Å². The summed E-state index contributed by atoms with van der Waals surface area (Å²) in [6.45, 7) is 2.19. The van der Waals surface area contributed by atoms with Crippen LogP contribution >= 0.6 is 0 Å². The highest BCUT2D eigenvalue weighted by Crippen LogP contribution is 2.24. The van der Waals surface area contributed by atoms with Crippen molar-refractivity contribution in [2.75, 3.05) is 0 Å². The van der Waals surface area contributed by atoms with Gasteiger partial charge in [0.25, 0.3) is 5.91 Å². The van der Waals surface area contributed by atoms with Crippen LogP contribution in [0, 0.1) is 0 Å². The van der Waals surface area contributed by atoms with Gasteiger partial charge in [-0.05, 0) is 37.0 Å². The molecule has 3 rings (SSSR count). The van der Waals surface area contributed by atoms with E-state index in [1.165, 1.54) is 24.8 Å². The Bertz CT molecular complexity index is 627. The molecule has 1 aromatic heterocycles. The summed E-state index contributed by atoms with van der Waals surface area (Å²) in [7, 11) is 0. The van der Waals surface area contributed by atoms with Gasteiger partial charge >= 0.3 is 0 Å². The van der Waals surface area contributed by atoms with Crippen molar-refractivity contribution < 1.29 is 4.79 Å². The van der Waals surface area contributed by atoms with Gasteiger partial charge in [0.1, 0.15) is 0 Å². The van der Waals surface area contributed by atoms with Gasteiger partial charge in [0.05, 0.1) is 12.4 Å². The molecular weight excluding hydrogens is 298 g/mol. The standard InChI is InChI=1S/C20H27N3O/c1-2-6-19(23-14-13-21-15-23)16-9-11-17(12-10-16)20(24)22-18-7-4-3-5-8-18/h9-15,18-19H,2-8H2,1H3,(H,22,24). The van der Waals surface area contributed by atoms with Crippen LogP contribution in [0.25, 0.3) is 0 Å². The van der Waals surface area contributed by atoms with Crippen molar-refractivity contribution >= 4 is 5.91 Å². The molecule has 0 spiro atoms. The maximum absolute atomic E-state index is 12.4. The molecule has 2 aromatic rings. The Morgan fingerprint density at radius 2 is 2.00 bits per heavy atom. The molecule has 1 fully saturated rings. The fourth-order valence-electron chi connectivity index (χ4n) is 3.59. The van der Waals surface area contributed by atoms with Gasteiger partial charge in [-0.1, -0.05) is 44.7 Å². The van der Waals surface area contributed by atoms with E-state index in [1.807, 2.05) is 30.9 Å². The number of aromatic nitrogens is 2. The van der Waals surface area contributed by atoms with Gasteiger partial charge < -0.3 is 9.88 Å². The first-order valence-electron chi connectivity index (χ1n) is 9.16. The van der Waals surface area contributed by atoms with Gasteiger partial charge in [-0.15, -0.1) is 0 Å². The van der Waals surface area contributed by atoms with E-state index < -0.39 is 0 Å². The predicted molar refractivity (Wildman–Crippen MR) is 96.1 cm³/mol. The number of nitrogens with one attached hydrogen (secondary N) is 1. The zero-order valence-electron chi connectivity index (χ0n) is 14.4. The van der Waals surface area contributed by atoms with Crippen LogP contribution in [0.15, 0.2) is 43.0 Å². The van der Waals surface area contributed by atoms with Gasteiger partial charge in [-0.2, -0.15) is 0 Å². The molecule has 24 heavy (non-hydrogen) atoms. The number of hydrogen-bond donors (Lipinski definition) is 1. The van der Waals surface area contributed by atoms with Gasteiger partial charge in [-0.25, -0.2) is 4.98 Å². The summed E-state index contributed by atoms with van der Waals surface area (Å²) in [5, 5.41) is 3.18. The van der Waals surface area contributed by atoms with E-state index in [0.717, 1.165) is 31.2 Å². The van der Waals surface area contributed by atoms with Crippen LogP contribution in [0.1, 0.15) is 73.8 Å². The number of amides is 1. The lowest BCUT2D eigenvalue weighted by molar-refractivity contribution is 0.0927. The minimum atomic E-state index is 0.0584. The molecule has 1 aromatic carbocycles. The smallest absolute Gasteiger partial charge is 0.251 e. The first-order chi connectivity index (χ1) is 11.8. The average Bonchev–Trinajstić information content (AvgIpc) is 3.15.